The van der Waals surface area contributed by atoms with E-state index < -0.39 is 0 Å². The molecule has 2 heterocycles. The number of aromatic nitrogens is 3. The third-order valence-corrected chi connectivity index (χ3v) is 3.91. The summed E-state index contributed by atoms with van der Waals surface area (Å²) in [5.74, 6) is 6.20. The molecule has 0 bridgehead atoms. The number of ether oxygens (including phenoxy) is 1. The predicted molar refractivity (Wildman–Crippen MR) is 103 cm³/mol. The highest BCUT2D eigenvalue weighted by Gasteiger charge is 2.14. The van der Waals surface area contributed by atoms with Gasteiger partial charge in [-0.1, -0.05) is 30.0 Å². The van der Waals surface area contributed by atoms with Crippen LogP contribution in [0.2, 0.25) is 0 Å². The van der Waals surface area contributed by atoms with E-state index >= 15 is 0 Å². The molecule has 136 valence electrons. The lowest BCUT2D eigenvalue weighted by molar-refractivity contribution is 0.0958. The highest BCUT2D eigenvalue weighted by Crippen LogP contribution is 2.13. The Bertz CT molecular complexity index is 967. The van der Waals surface area contributed by atoms with Gasteiger partial charge in [0.1, 0.15) is 12.4 Å². The van der Waals surface area contributed by atoms with E-state index in [0.29, 0.717) is 11.3 Å². The van der Waals surface area contributed by atoms with Crippen LogP contribution in [-0.2, 0) is 0 Å². The summed E-state index contributed by atoms with van der Waals surface area (Å²) >= 11 is 0. The van der Waals surface area contributed by atoms with Gasteiger partial charge in [-0.2, -0.15) is 5.10 Å². The normalized spacial score (nSPS) is 10.0. The smallest absolute Gasteiger partial charge is 0.255 e. The second-order valence-electron chi connectivity index (χ2n) is 5.85. The topological polar surface area (TPSA) is 69.0 Å². The Morgan fingerprint density at radius 2 is 1.93 bits per heavy atom. The van der Waals surface area contributed by atoms with Gasteiger partial charge in [0, 0.05) is 5.69 Å². The molecular formula is C21H20N4O2. The molecule has 1 amide bonds. The molecule has 27 heavy (non-hydrogen) atoms. The van der Waals surface area contributed by atoms with E-state index in [0.717, 1.165) is 17.1 Å². The Kier molecular flexibility index (Phi) is 5.85. The number of amides is 1. The molecule has 1 aromatic carbocycles. The summed E-state index contributed by atoms with van der Waals surface area (Å²) in [6.45, 7) is 4.26. The van der Waals surface area contributed by atoms with E-state index in [4.69, 9.17) is 4.74 Å². The molecule has 6 nitrogen and oxygen atoms in total. The van der Waals surface area contributed by atoms with Crippen LogP contribution in [-0.4, -0.2) is 33.8 Å². The number of carbonyl (C=O) groups is 1. The third-order valence-electron chi connectivity index (χ3n) is 3.91. The molecule has 0 saturated carbocycles. The van der Waals surface area contributed by atoms with Crippen LogP contribution in [0.25, 0.3) is 5.69 Å². The summed E-state index contributed by atoms with van der Waals surface area (Å²) in [7, 11) is 0. The van der Waals surface area contributed by atoms with E-state index in [1.807, 2.05) is 56.3 Å². The van der Waals surface area contributed by atoms with Crippen molar-refractivity contribution in [2.45, 2.75) is 13.8 Å². The van der Waals surface area contributed by atoms with Gasteiger partial charge in [-0.25, -0.2) is 4.68 Å². The predicted octanol–water partition coefficient (Wildman–Crippen LogP) is 2.70. The van der Waals surface area contributed by atoms with E-state index in [9.17, 15) is 4.79 Å². The summed E-state index contributed by atoms with van der Waals surface area (Å²) in [5.41, 5.74) is 3.16. The number of benzene rings is 1. The van der Waals surface area contributed by atoms with Crippen LogP contribution >= 0.6 is 0 Å². The van der Waals surface area contributed by atoms with Crippen LogP contribution in [0, 0.1) is 25.7 Å². The lowest BCUT2D eigenvalue weighted by Gasteiger charge is -2.05. The molecule has 0 aliphatic rings. The van der Waals surface area contributed by atoms with Crippen molar-refractivity contribution in [2.24, 2.45) is 0 Å². The summed E-state index contributed by atoms with van der Waals surface area (Å²) in [4.78, 5) is 16.5. The first kappa shape index (κ1) is 18.2. The van der Waals surface area contributed by atoms with Crippen LogP contribution in [0.3, 0.4) is 0 Å². The van der Waals surface area contributed by atoms with Crippen LogP contribution in [0.15, 0.2) is 54.9 Å². The molecule has 0 fully saturated rings. The van der Waals surface area contributed by atoms with Gasteiger partial charge in [0.25, 0.3) is 5.91 Å². The van der Waals surface area contributed by atoms with Gasteiger partial charge in [0.15, 0.2) is 0 Å². The number of aryl methyl sites for hydroxylation is 1. The Labute approximate surface area is 158 Å². The fraction of sp³-hybridized carbons (Fsp3) is 0.190. The number of rotatable bonds is 5. The molecular weight excluding hydrogens is 340 g/mol. The fourth-order valence-corrected chi connectivity index (χ4v) is 2.45. The molecule has 0 spiro atoms. The minimum absolute atomic E-state index is 0.201. The van der Waals surface area contributed by atoms with E-state index in [-0.39, 0.29) is 19.1 Å². The average Bonchev–Trinajstić information content (AvgIpc) is 3.08. The molecule has 3 rings (SSSR count). The zero-order valence-corrected chi connectivity index (χ0v) is 15.3. The lowest BCUT2D eigenvalue weighted by Crippen LogP contribution is -2.24. The van der Waals surface area contributed by atoms with E-state index in [1.54, 1.807) is 17.1 Å². The van der Waals surface area contributed by atoms with Crippen molar-refractivity contribution in [3.63, 3.8) is 0 Å². The number of hydrogen-bond donors (Lipinski definition) is 1. The van der Waals surface area contributed by atoms with Gasteiger partial charge in [0.05, 0.1) is 35.9 Å². The first-order valence-corrected chi connectivity index (χ1v) is 8.54. The van der Waals surface area contributed by atoms with Crippen molar-refractivity contribution in [3.05, 3.63) is 71.8 Å². The Morgan fingerprint density at radius 3 is 2.67 bits per heavy atom. The molecule has 0 aliphatic carbocycles. The highest BCUT2D eigenvalue weighted by molar-refractivity contribution is 5.95. The van der Waals surface area contributed by atoms with Crippen LogP contribution in [0.4, 0.5) is 0 Å². The van der Waals surface area contributed by atoms with Crippen LogP contribution < -0.4 is 10.1 Å². The molecule has 0 unspecified atom stereocenters. The van der Waals surface area contributed by atoms with Crippen molar-refractivity contribution in [1.29, 1.82) is 0 Å². The number of nitrogens with one attached hydrogen (secondary N) is 1. The van der Waals surface area contributed by atoms with Gasteiger partial charge in [-0.05, 0) is 38.1 Å². The molecule has 6 heteroatoms. The van der Waals surface area contributed by atoms with Gasteiger partial charge in [0.2, 0.25) is 0 Å². The van der Waals surface area contributed by atoms with Crippen molar-refractivity contribution in [3.8, 4) is 23.3 Å². The Morgan fingerprint density at radius 1 is 1.11 bits per heavy atom. The van der Waals surface area contributed by atoms with Crippen molar-refractivity contribution in [2.75, 3.05) is 13.2 Å². The number of carbonyl (C=O) groups excluding carboxylic acids is 1. The monoisotopic (exact) mass is 360 g/mol. The average molecular weight is 360 g/mol. The van der Waals surface area contributed by atoms with Crippen molar-refractivity contribution < 1.29 is 9.53 Å². The third kappa shape index (κ3) is 4.73. The largest absolute Gasteiger partial charge is 0.479 e. The molecule has 3 aromatic rings. The molecule has 0 radical (unpaired) electrons. The van der Waals surface area contributed by atoms with Crippen LogP contribution in [0.5, 0.6) is 5.75 Å². The van der Waals surface area contributed by atoms with Gasteiger partial charge < -0.3 is 10.1 Å². The molecule has 2 aromatic heterocycles. The quantitative estimate of drug-likeness (QED) is 0.711. The zero-order chi connectivity index (χ0) is 19.1. The fourth-order valence-electron chi connectivity index (χ4n) is 2.45. The second kappa shape index (κ2) is 8.68. The second-order valence-corrected chi connectivity index (χ2v) is 5.85. The molecule has 0 aliphatic heterocycles. The number of nitrogens with zero attached hydrogens (tertiary/aromatic N) is 3. The highest BCUT2D eigenvalue weighted by atomic mass is 16.5. The van der Waals surface area contributed by atoms with Gasteiger partial charge >= 0.3 is 0 Å². The number of para-hydroxylation sites is 1. The van der Waals surface area contributed by atoms with Gasteiger partial charge in [-0.3, -0.25) is 9.78 Å². The minimum atomic E-state index is -0.201. The number of hydrogen-bond acceptors (Lipinski definition) is 4. The van der Waals surface area contributed by atoms with Crippen molar-refractivity contribution in [1.82, 2.24) is 20.1 Å². The maximum Gasteiger partial charge on any atom is 0.255 e. The standard InChI is InChI=1S/C21H20N4O2/c1-16-10-11-19(14-23-16)27-13-7-6-12-22-21(26)20-15-24-25(17(20)2)18-8-4-3-5-9-18/h3-5,8-11,14-15H,12-13H2,1-2H3,(H,22,26). The summed E-state index contributed by atoms with van der Waals surface area (Å²) in [5, 5.41) is 7.08. The number of pyridine rings is 1. The lowest BCUT2D eigenvalue weighted by atomic mass is 10.2. The maximum atomic E-state index is 12.3. The van der Waals surface area contributed by atoms with E-state index in [1.165, 1.54) is 0 Å². The van der Waals surface area contributed by atoms with Gasteiger partial charge in [-0.15, -0.1) is 0 Å². The summed E-state index contributed by atoms with van der Waals surface area (Å²) in [6.07, 6.45) is 3.23. The Hall–Kier alpha value is -3.59. The van der Waals surface area contributed by atoms with Crippen molar-refractivity contribution >= 4 is 5.91 Å². The summed E-state index contributed by atoms with van der Waals surface area (Å²) < 4.78 is 7.20. The maximum absolute atomic E-state index is 12.3. The first-order valence-electron chi connectivity index (χ1n) is 8.54. The van der Waals surface area contributed by atoms with Crippen LogP contribution in [0.1, 0.15) is 21.7 Å². The minimum Gasteiger partial charge on any atom is -0.479 e. The molecule has 0 saturated heterocycles. The van der Waals surface area contributed by atoms with E-state index in [2.05, 4.69) is 27.2 Å². The Balaban J connectivity index is 1.50. The summed E-state index contributed by atoms with van der Waals surface area (Å²) in [6, 6.07) is 13.4. The zero-order valence-electron chi connectivity index (χ0n) is 15.3. The SMILES string of the molecule is Cc1ccc(OCC#CCNC(=O)c2cnn(-c3ccccc3)c2C)cn1. The molecule has 0 atom stereocenters. The first-order chi connectivity index (χ1) is 13.1. The molecule has 1 N–H and O–H groups in total.